The van der Waals surface area contributed by atoms with Crippen molar-refractivity contribution in [3.8, 4) is 5.69 Å². The zero-order valence-electron chi connectivity index (χ0n) is 18.4. The molecule has 2 aromatic heterocycles. The number of rotatable bonds is 4. The SMILES string of the molecule is C[C@]1(N2CCN(c3cc4c(cnn4-c4cnn(C56CC(C5)C6)c4)cc3Cl)CC2)CC[C@@H]1O. The van der Waals surface area contributed by atoms with Crippen molar-refractivity contribution in [3.63, 3.8) is 0 Å². The smallest absolute Gasteiger partial charge is 0.103 e. The third-order valence-electron chi connectivity index (χ3n) is 8.93. The molecule has 4 aliphatic carbocycles. The summed E-state index contributed by atoms with van der Waals surface area (Å²) >= 11 is 6.73. The van der Waals surface area contributed by atoms with Gasteiger partial charge in [-0.3, -0.25) is 9.58 Å². The summed E-state index contributed by atoms with van der Waals surface area (Å²) in [6.07, 6.45) is 11.6. The van der Waals surface area contributed by atoms with Crippen LogP contribution in [0.5, 0.6) is 0 Å². The van der Waals surface area contributed by atoms with Crippen LogP contribution in [0.3, 0.4) is 0 Å². The predicted octanol–water partition coefficient (Wildman–Crippen LogP) is 3.42. The van der Waals surface area contributed by atoms with Crippen LogP contribution in [0.15, 0.2) is 30.7 Å². The van der Waals surface area contributed by atoms with Gasteiger partial charge in [-0.2, -0.15) is 10.2 Å². The Morgan fingerprint density at radius 3 is 2.47 bits per heavy atom. The summed E-state index contributed by atoms with van der Waals surface area (Å²) in [4.78, 5) is 4.82. The quantitative estimate of drug-likeness (QED) is 0.657. The normalized spacial score (nSPS) is 34.3. The van der Waals surface area contributed by atoms with Gasteiger partial charge < -0.3 is 10.0 Å². The summed E-state index contributed by atoms with van der Waals surface area (Å²) in [6.45, 7) is 5.89. The van der Waals surface area contributed by atoms with Crippen LogP contribution in [0.25, 0.3) is 16.6 Å². The van der Waals surface area contributed by atoms with Crippen molar-refractivity contribution in [2.75, 3.05) is 31.1 Å². The van der Waals surface area contributed by atoms with Crippen molar-refractivity contribution in [3.05, 3.63) is 35.7 Å². The highest BCUT2D eigenvalue weighted by molar-refractivity contribution is 6.34. The number of fused-ring (bicyclic) bond motifs is 1. The molecule has 1 aliphatic heterocycles. The molecular weight excluding hydrogens is 424 g/mol. The maximum atomic E-state index is 10.3. The Bertz CT molecular complexity index is 1190. The van der Waals surface area contributed by atoms with Crippen LogP contribution in [0.2, 0.25) is 5.02 Å². The van der Waals surface area contributed by atoms with Gasteiger partial charge in [-0.25, -0.2) is 4.68 Å². The van der Waals surface area contributed by atoms with E-state index in [2.05, 4.69) is 43.9 Å². The zero-order valence-corrected chi connectivity index (χ0v) is 19.2. The van der Waals surface area contributed by atoms with Crippen molar-refractivity contribution in [2.24, 2.45) is 5.92 Å². The first kappa shape index (κ1) is 19.4. The van der Waals surface area contributed by atoms with Crippen LogP contribution in [0.1, 0.15) is 39.0 Å². The second kappa shape index (κ2) is 6.49. The van der Waals surface area contributed by atoms with Crippen molar-refractivity contribution in [1.82, 2.24) is 24.5 Å². The second-order valence-corrected chi connectivity index (χ2v) is 11.1. The van der Waals surface area contributed by atoms with Gasteiger partial charge in [0.25, 0.3) is 0 Å². The number of hydrogen-bond acceptors (Lipinski definition) is 5. The van der Waals surface area contributed by atoms with E-state index in [-0.39, 0.29) is 17.2 Å². The molecule has 1 aromatic carbocycles. The van der Waals surface area contributed by atoms with Crippen LogP contribution >= 0.6 is 11.6 Å². The van der Waals surface area contributed by atoms with E-state index in [0.29, 0.717) is 0 Å². The van der Waals surface area contributed by atoms with Crippen molar-refractivity contribution in [1.29, 1.82) is 0 Å². The number of halogens is 1. The molecule has 7 nitrogen and oxygen atoms in total. The highest BCUT2D eigenvalue weighted by Gasteiger charge is 2.58. The minimum Gasteiger partial charge on any atom is -0.391 e. The minimum absolute atomic E-state index is 0.0565. The molecular formula is C24H29ClN6O. The summed E-state index contributed by atoms with van der Waals surface area (Å²) < 4.78 is 4.16. The van der Waals surface area contributed by atoms with Crippen LogP contribution in [0, 0.1) is 5.92 Å². The van der Waals surface area contributed by atoms with E-state index >= 15 is 0 Å². The van der Waals surface area contributed by atoms with Gasteiger partial charge in [0.05, 0.1) is 46.5 Å². The zero-order chi connectivity index (χ0) is 21.7. The molecule has 5 fully saturated rings. The first-order valence-electron chi connectivity index (χ1n) is 11.9. The molecule has 2 bridgehead atoms. The standard InChI is InChI=1S/C24H29ClN6O/c1-23(3-2-22(23)32)29-6-4-28(5-7-29)21-9-20-17(8-19(21)25)13-27-31(20)18-14-26-30(15-18)24-10-16(11-24)12-24/h8-9,13-16,22,32H,2-7,10-12H2,1H3/t16?,22-,23-,24?/m0/s1. The lowest BCUT2D eigenvalue weighted by molar-refractivity contribution is -0.0977. The van der Waals surface area contributed by atoms with Gasteiger partial charge in [0, 0.05) is 37.1 Å². The van der Waals surface area contributed by atoms with Gasteiger partial charge >= 0.3 is 0 Å². The molecule has 168 valence electrons. The predicted molar refractivity (Wildman–Crippen MR) is 125 cm³/mol. The van der Waals surface area contributed by atoms with Gasteiger partial charge in [-0.15, -0.1) is 0 Å². The lowest BCUT2D eigenvalue weighted by Gasteiger charge is -2.61. The lowest BCUT2D eigenvalue weighted by Crippen LogP contribution is -2.65. The van der Waals surface area contributed by atoms with Gasteiger partial charge in [-0.05, 0) is 57.1 Å². The van der Waals surface area contributed by atoms with Crippen LogP contribution < -0.4 is 4.90 Å². The number of piperazine rings is 1. The summed E-state index contributed by atoms with van der Waals surface area (Å²) in [5.41, 5.74) is 3.36. The van der Waals surface area contributed by atoms with E-state index in [1.54, 1.807) is 0 Å². The highest BCUT2D eigenvalue weighted by atomic mass is 35.5. The highest BCUT2D eigenvalue weighted by Crippen LogP contribution is 2.62. The largest absolute Gasteiger partial charge is 0.391 e. The van der Waals surface area contributed by atoms with Crippen LogP contribution in [-0.2, 0) is 5.54 Å². The molecule has 0 unspecified atom stereocenters. The Kier molecular flexibility index (Phi) is 3.93. The third kappa shape index (κ3) is 2.56. The Labute approximate surface area is 192 Å². The molecule has 1 saturated heterocycles. The lowest BCUT2D eigenvalue weighted by atomic mass is 9.50. The van der Waals surface area contributed by atoms with Gasteiger partial charge in [0.15, 0.2) is 0 Å². The summed E-state index contributed by atoms with van der Waals surface area (Å²) in [5, 5.41) is 21.4. The average molecular weight is 453 g/mol. The number of aliphatic hydroxyl groups is 1. The number of aliphatic hydroxyl groups excluding tert-OH is 1. The Hall–Kier alpha value is -2.09. The number of hydrogen-bond donors (Lipinski definition) is 1. The van der Waals surface area contributed by atoms with Crippen molar-refractivity contribution >= 4 is 28.2 Å². The van der Waals surface area contributed by atoms with Gasteiger partial charge in [0.1, 0.15) is 5.69 Å². The van der Waals surface area contributed by atoms with Crippen molar-refractivity contribution < 1.29 is 5.11 Å². The second-order valence-electron chi connectivity index (χ2n) is 10.7. The molecule has 3 aromatic rings. The number of aromatic nitrogens is 4. The number of benzene rings is 1. The van der Waals surface area contributed by atoms with E-state index in [0.717, 1.165) is 72.2 Å². The number of nitrogens with zero attached hydrogens (tertiary/aromatic N) is 6. The molecule has 8 heteroatoms. The molecule has 32 heavy (non-hydrogen) atoms. The van der Waals surface area contributed by atoms with Gasteiger partial charge in [-0.1, -0.05) is 11.6 Å². The topological polar surface area (TPSA) is 62.3 Å². The average Bonchev–Trinajstić information content (AvgIpc) is 3.36. The van der Waals surface area contributed by atoms with E-state index < -0.39 is 0 Å². The summed E-state index contributed by atoms with van der Waals surface area (Å²) in [5.74, 6) is 0.925. The molecule has 2 atom stereocenters. The fraction of sp³-hybridized carbons (Fsp3) is 0.583. The minimum atomic E-state index is -0.199. The monoisotopic (exact) mass is 452 g/mol. The van der Waals surface area contributed by atoms with Crippen LogP contribution in [0.4, 0.5) is 5.69 Å². The molecule has 8 rings (SSSR count). The van der Waals surface area contributed by atoms with E-state index in [4.69, 9.17) is 11.6 Å². The first-order chi connectivity index (χ1) is 15.5. The van der Waals surface area contributed by atoms with Crippen molar-refractivity contribution in [2.45, 2.75) is 56.2 Å². The molecule has 3 heterocycles. The Morgan fingerprint density at radius 2 is 1.84 bits per heavy atom. The summed E-state index contributed by atoms with van der Waals surface area (Å²) in [6, 6.07) is 4.21. The Morgan fingerprint density at radius 1 is 1.06 bits per heavy atom. The van der Waals surface area contributed by atoms with E-state index in [9.17, 15) is 5.11 Å². The molecule has 4 saturated carbocycles. The van der Waals surface area contributed by atoms with Crippen LogP contribution in [-0.4, -0.2) is 67.4 Å². The van der Waals surface area contributed by atoms with E-state index in [1.165, 1.54) is 19.3 Å². The molecule has 0 spiro atoms. The maximum absolute atomic E-state index is 10.3. The molecule has 0 radical (unpaired) electrons. The maximum Gasteiger partial charge on any atom is 0.103 e. The molecule has 1 N–H and O–H groups in total. The fourth-order valence-electron chi connectivity index (χ4n) is 6.40. The van der Waals surface area contributed by atoms with E-state index in [1.807, 2.05) is 23.1 Å². The molecule has 0 amide bonds. The summed E-state index contributed by atoms with van der Waals surface area (Å²) in [7, 11) is 0. The number of anilines is 1. The Balaban J connectivity index is 1.17. The molecule has 5 aliphatic rings. The third-order valence-corrected chi connectivity index (χ3v) is 9.23. The first-order valence-corrected chi connectivity index (χ1v) is 12.2. The van der Waals surface area contributed by atoms with Gasteiger partial charge in [0.2, 0.25) is 0 Å². The fourth-order valence-corrected chi connectivity index (χ4v) is 6.69.